The van der Waals surface area contributed by atoms with Crippen LogP contribution in [0.4, 0.5) is 4.39 Å². The van der Waals surface area contributed by atoms with Gasteiger partial charge >= 0.3 is 0 Å². The van der Waals surface area contributed by atoms with Crippen molar-refractivity contribution in [2.24, 2.45) is 5.92 Å². The zero-order valence-corrected chi connectivity index (χ0v) is 16.2. The first-order valence-electron chi connectivity index (χ1n) is 9.13. The number of nitrogens with zero attached hydrogens (tertiary/aromatic N) is 3. The van der Waals surface area contributed by atoms with E-state index >= 15 is 0 Å². The van der Waals surface area contributed by atoms with Gasteiger partial charge in [0.2, 0.25) is 10.0 Å². The largest absolute Gasteiger partial charge is 0.332 e. The lowest BCUT2D eigenvalue weighted by Crippen LogP contribution is -2.30. The molecule has 1 aliphatic rings. The van der Waals surface area contributed by atoms with Crippen LogP contribution >= 0.6 is 0 Å². The summed E-state index contributed by atoms with van der Waals surface area (Å²) >= 11 is 0. The highest BCUT2D eigenvalue weighted by Gasteiger charge is 2.32. The summed E-state index contributed by atoms with van der Waals surface area (Å²) in [7, 11) is -3.51. The molecule has 0 saturated carbocycles. The standard InChI is InChI=1S/C19H26FN3O2S/c1-3-9-23-15(2)12-21-19(23)11-16-8-10-22(13-16)26(24,25)14-17-6-4-5-7-18(17)20/h4-7,12,16H,3,8-11,13-14H2,1-2H3. The number of imidazole rings is 1. The van der Waals surface area contributed by atoms with Gasteiger partial charge in [-0.15, -0.1) is 0 Å². The third-order valence-electron chi connectivity index (χ3n) is 4.99. The zero-order chi connectivity index (χ0) is 18.7. The number of benzene rings is 1. The van der Waals surface area contributed by atoms with Crippen LogP contribution in [0, 0.1) is 18.7 Å². The molecule has 1 fully saturated rings. The Morgan fingerprint density at radius 3 is 2.81 bits per heavy atom. The van der Waals surface area contributed by atoms with E-state index in [0.29, 0.717) is 13.1 Å². The van der Waals surface area contributed by atoms with E-state index in [1.54, 1.807) is 12.1 Å². The van der Waals surface area contributed by atoms with E-state index in [-0.39, 0.29) is 17.2 Å². The van der Waals surface area contributed by atoms with E-state index < -0.39 is 15.8 Å². The molecule has 1 atom stereocenters. The monoisotopic (exact) mass is 379 g/mol. The smallest absolute Gasteiger partial charge is 0.218 e. The molecule has 0 bridgehead atoms. The maximum absolute atomic E-state index is 13.8. The van der Waals surface area contributed by atoms with Crippen LogP contribution in [0.1, 0.15) is 36.8 Å². The van der Waals surface area contributed by atoms with Gasteiger partial charge in [-0.25, -0.2) is 22.1 Å². The van der Waals surface area contributed by atoms with Gasteiger partial charge in [0, 0.05) is 43.5 Å². The summed E-state index contributed by atoms with van der Waals surface area (Å²) in [6.07, 6.45) is 4.51. The number of sulfonamides is 1. The van der Waals surface area contributed by atoms with Crippen LogP contribution in [0.2, 0.25) is 0 Å². The van der Waals surface area contributed by atoms with Crippen LogP contribution in [0.3, 0.4) is 0 Å². The van der Waals surface area contributed by atoms with Gasteiger partial charge in [0.05, 0.1) is 5.75 Å². The second kappa shape index (κ2) is 7.88. The molecule has 3 rings (SSSR count). The average molecular weight is 380 g/mol. The van der Waals surface area contributed by atoms with E-state index in [4.69, 9.17) is 0 Å². The average Bonchev–Trinajstić information content (AvgIpc) is 3.20. The van der Waals surface area contributed by atoms with Gasteiger partial charge in [-0.2, -0.15) is 0 Å². The highest BCUT2D eigenvalue weighted by Crippen LogP contribution is 2.25. The van der Waals surface area contributed by atoms with E-state index in [2.05, 4.69) is 16.5 Å². The fraction of sp³-hybridized carbons (Fsp3) is 0.526. The third-order valence-corrected chi connectivity index (χ3v) is 6.79. The van der Waals surface area contributed by atoms with Crippen molar-refractivity contribution in [3.8, 4) is 0 Å². The quantitative estimate of drug-likeness (QED) is 0.743. The summed E-state index contributed by atoms with van der Waals surface area (Å²) < 4.78 is 42.8. The Morgan fingerprint density at radius 1 is 1.31 bits per heavy atom. The molecular formula is C19H26FN3O2S. The lowest BCUT2D eigenvalue weighted by molar-refractivity contribution is 0.447. The highest BCUT2D eigenvalue weighted by molar-refractivity contribution is 7.88. The number of rotatable bonds is 7. The molecule has 1 aromatic carbocycles. The molecule has 1 saturated heterocycles. The maximum Gasteiger partial charge on any atom is 0.218 e. The van der Waals surface area contributed by atoms with Crippen LogP contribution in [-0.2, 0) is 28.7 Å². The molecule has 0 amide bonds. The molecule has 0 radical (unpaired) electrons. The third kappa shape index (κ3) is 4.15. The lowest BCUT2D eigenvalue weighted by Gasteiger charge is -2.17. The van der Waals surface area contributed by atoms with Gasteiger partial charge in [-0.05, 0) is 31.7 Å². The van der Waals surface area contributed by atoms with Crippen molar-refractivity contribution >= 4 is 10.0 Å². The minimum atomic E-state index is -3.51. The summed E-state index contributed by atoms with van der Waals surface area (Å²) in [6, 6.07) is 6.06. The fourth-order valence-electron chi connectivity index (χ4n) is 3.58. The summed E-state index contributed by atoms with van der Waals surface area (Å²) in [6.45, 7) is 6.09. The van der Waals surface area contributed by atoms with Crippen molar-refractivity contribution in [3.05, 3.63) is 53.4 Å². The van der Waals surface area contributed by atoms with Gasteiger partial charge < -0.3 is 4.57 Å². The van der Waals surface area contributed by atoms with Gasteiger partial charge in [0.25, 0.3) is 0 Å². The van der Waals surface area contributed by atoms with Crippen molar-refractivity contribution in [1.29, 1.82) is 0 Å². The van der Waals surface area contributed by atoms with Crippen molar-refractivity contribution in [3.63, 3.8) is 0 Å². The number of hydrogen-bond acceptors (Lipinski definition) is 3. The predicted molar refractivity (Wildman–Crippen MR) is 99.7 cm³/mol. The lowest BCUT2D eigenvalue weighted by atomic mass is 10.0. The highest BCUT2D eigenvalue weighted by atomic mass is 32.2. The van der Waals surface area contributed by atoms with E-state index in [1.165, 1.54) is 16.4 Å². The molecule has 7 heteroatoms. The zero-order valence-electron chi connectivity index (χ0n) is 15.4. The second-order valence-electron chi connectivity index (χ2n) is 7.03. The Balaban J connectivity index is 1.66. The van der Waals surface area contributed by atoms with Gasteiger partial charge in [-0.1, -0.05) is 25.1 Å². The minimum Gasteiger partial charge on any atom is -0.332 e. The first-order valence-corrected chi connectivity index (χ1v) is 10.7. The van der Waals surface area contributed by atoms with E-state index in [9.17, 15) is 12.8 Å². The van der Waals surface area contributed by atoms with Gasteiger partial charge in [0.1, 0.15) is 11.6 Å². The first-order chi connectivity index (χ1) is 12.4. The topological polar surface area (TPSA) is 55.2 Å². The summed E-state index contributed by atoms with van der Waals surface area (Å²) in [4.78, 5) is 4.51. The second-order valence-corrected chi connectivity index (χ2v) is 9.00. The molecule has 2 heterocycles. The van der Waals surface area contributed by atoms with Gasteiger partial charge in [-0.3, -0.25) is 0 Å². The Morgan fingerprint density at radius 2 is 2.08 bits per heavy atom. The van der Waals surface area contributed by atoms with Crippen LogP contribution in [0.15, 0.2) is 30.5 Å². The normalized spacial score (nSPS) is 18.5. The summed E-state index contributed by atoms with van der Waals surface area (Å²) in [5.74, 6) is 0.532. The molecule has 0 N–H and O–H groups in total. The molecule has 1 aromatic heterocycles. The Hall–Kier alpha value is -1.73. The number of aromatic nitrogens is 2. The predicted octanol–water partition coefficient (Wildman–Crippen LogP) is 3.14. The molecule has 1 unspecified atom stereocenters. The Bertz CT molecular complexity index is 863. The molecule has 5 nitrogen and oxygen atoms in total. The van der Waals surface area contributed by atoms with Crippen LogP contribution in [0.25, 0.3) is 0 Å². The molecule has 0 spiro atoms. The fourth-order valence-corrected chi connectivity index (χ4v) is 5.21. The Kier molecular flexibility index (Phi) is 5.77. The van der Waals surface area contributed by atoms with Gasteiger partial charge in [0.15, 0.2) is 0 Å². The van der Waals surface area contributed by atoms with Crippen LogP contribution in [0.5, 0.6) is 0 Å². The van der Waals surface area contributed by atoms with Crippen molar-refractivity contribution in [2.45, 2.75) is 45.4 Å². The van der Waals surface area contributed by atoms with E-state index in [0.717, 1.165) is 37.3 Å². The summed E-state index contributed by atoms with van der Waals surface area (Å²) in [5.41, 5.74) is 1.37. The van der Waals surface area contributed by atoms with Crippen LogP contribution in [-0.4, -0.2) is 35.4 Å². The minimum absolute atomic E-state index is 0.227. The van der Waals surface area contributed by atoms with Crippen molar-refractivity contribution < 1.29 is 12.8 Å². The van der Waals surface area contributed by atoms with Crippen LogP contribution < -0.4 is 0 Å². The number of hydrogen-bond donors (Lipinski definition) is 0. The Labute approximate surface area is 154 Å². The maximum atomic E-state index is 13.8. The molecular weight excluding hydrogens is 353 g/mol. The molecule has 2 aromatic rings. The summed E-state index contributed by atoms with van der Waals surface area (Å²) in [5, 5.41) is 0. The molecule has 0 aliphatic carbocycles. The molecule has 26 heavy (non-hydrogen) atoms. The number of halogens is 1. The number of aryl methyl sites for hydroxylation is 1. The van der Waals surface area contributed by atoms with Crippen molar-refractivity contribution in [1.82, 2.24) is 13.9 Å². The van der Waals surface area contributed by atoms with Crippen molar-refractivity contribution in [2.75, 3.05) is 13.1 Å². The van der Waals surface area contributed by atoms with E-state index in [1.807, 2.05) is 13.1 Å². The molecule has 142 valence electrons. The SMILES string of the molecule is CCCn1c(C)cnc1CC1CCN(S(=O)(=O)Cc2ccccc2F)C1. The first kappa shape index (κ1) is 19.0. The molecule has 1 aliphatic heterocycles.